The summed E-state index contributed by atoms with van der Waals surface area (Å²) in [6.07, 6.45) is 0. The van der Waals surface area contributed by atoms with Gasteiger partial charge in [-0.2, -0.15) is 0 Å². The number of nitro groups is 1. The van der Waals surface area contributed by atoms with Crippen LogP contribution in [0.3, 0.4) is 0 Å². The smallest absolute Gasteiger partial charge is 0.315 e. The van der Waals surface area contributed by atoms with Gasteiger partial charge in [-0.05, 0) is 18.2 Å². The second-order valence-electron chi connectivity index (χ2n) is 4.08. The van der Waals surface area contributed by atoms with Crippen molar-refractivity contribution in [1.29, 1.82) is 0 Å². The lowest BCUT2D eigenvalue weighted by atomic mass is 10.2. The number of methoxy groups -OCH3 is 1. The fourth-order valence-electron chi connectivity index (χ4n) is 1.76. The molecule has 0 radical (unpaired) electrons. The van der Waals surface area contributed by atoms with Gasteiger partial charge in [-0.25, -0.2) is 4.39 Å². The average Bonchev–Trinajstić information content (AvgIpc) is 2.49. The van der Waals surface area contributed by atoms with Crippen LogP contribution >= 0.6 is 0 Å². The molecule has 0 aliphatic heterocycles. The van der Waals surface area contributed by atoms with Crippen molar-refractivity contribution in [3.05, 3.63) is 57.9 Å². The van der Waals surface area contributed by atoms with Crippen LogP contribution in [0.2, 0.25) is 0 Å². The predicted molar refractivity (Wildman–Crippen MR) is 72.0 cm³/mol. The molecule has 0 saturated carbocycles. The molecule has 0 aliphatic rings. The molecule has 0 bridgehead atoms. The third kappa shape index (κ3) is 3.09. The number of rotatable bonds is 5. The third-order valence-corrected chi connectivity index (χ3v) is 2.79. The van der Waals surface area contributed by atoms with E-state index in [-0.39, 0.29) is 28.5 Å². The highest BCUT2D eigenvalue weighted by Gasteiger charge is 2.20. The summed E-state index contributed by atoms with van der Waals surface area (Å²) in [5, 5.41) is 20.2. The zero-order chi connectivity index (χ0) is 15.4. The number of hydrogen-bond donors (Lipinski definition) is 1. The molecule has 0 saturated heterocycles. The highest BCUT2D eigenvalue weighted by molar-refractivity contribution is 5.53. The van der Waals surface area contributed by atoms with Gasteiger partial charge in [0, 0.05) is 5.56 Å². The summed E-state index contributed by atoms with van der Waals surface area (Å²) in [5.41, 5.74) is -0.165. The normalized spacial score (nSPS) is 10.2. The standard InChI is InChI=1S/C14H12FNO5/c1-20-10-5-6-13(12(7-10)16(18)19)21-14-9(8-17)3-2-4-11(14)15/h2-7,17H,8H2,1H3. The van der Waals surface area contributed by atoms with Gasteiger partial charge in [0.15, 0.2) is 11.6 Å². The molecule has 0 heterocycles. The highest BCUT2D eigenvalue weighted by atomic mass is 19.1. The Morgan fingerprint density at radius 1 is 1.33 bits per heavy atom. The maximum Gasteiger partial charge on any atom is 0.315 e. The quantitative estimate of drug-likeness (QED) is 0.677. The van der Waals surface area contributed by atoms with E-state index in [1.807, 2.05) is 0 Å². The highest BCUT2D eigenvalue weighted by Crippen LogP contribution is 2.36. The number of nitro benzene ring substituents is 1. The van der Waals surface area contributed by atoms with Crippen molar-refractivity contribution in [3.63, 3.8) is 0 Å². The Bertz CT molecular complexity index is 674. The van der Waals surface area contributed by atoms with Crippen molar-refractivity contribution in [2.75, 3.05) is 7.11 Å². The van der Waals surface area contributed by atoms with E-state index >= 15 is 0 Å². The van der Waals surface area contributed by atoms with Gasteiger partial charge >= 0.3 is 5.69 Å². The molecule has 21 heavy (non-hydrogen) atoms. The Kier molecular flexibility index (Phi) is 4.34. The third-order valence-electron chi connectivity index (χ3n) is 2.79. The molecule has 0 spiro atoms. The van der Waals surface area contributed by atoms with Crippen molar-refractivity contribution in [3.8, 4) is 17.2 Å². The topological polar surface area (TPSA) is 81.8 Å². The summed E-state index contributed by atoms with van der Waals surface area (Å²) in [6.45, 7) is -0.447. The van der Waals surface area contributed by atoms with Crippen LogP contribution in [-0.4, -0.2) is 17.1 Å². The summed E-state index contributed by atoms with van der Waals surface area (Å²) < 4.78 is 24.0. The van der Waals surface area contributed by atoms with Crippen LogP contribution in [0.4, 0.5) is 10.1 Å². The van der Waals surface area contributed by atoms with Gasteiger partial charge in [0.2, 0.25) is 5.75 Å². The van der Waals surface area contributed by atoms with Crippen molar-refractivity contribution in [1.82, 2.24) is 0 Å². The molecule has 110 valence electrons. The van der Waals surface area contributed by atoms with E-state index in [2.05, 4.69) is 0 Å². The van der Waals surface area contributed by atoms with Gasteiger partial charge < -0.3 is 14.6 Å². The van der Waals surface area contributed by atoms with Gasteiger partial charge in [-0.1, -0.05) is 12.1 Å². The van der Waals surface area contributed by atoms with E-state index in [1.165, 1.54) is 37.4 Å². The fraction of sp³-hybridized carbons (Fsp3) is 0.143. The number of halogens is 1. The van der Waals surface area contributed by atoms with Crippen LogP contribution in [0.15, 0.2) is 36.4 Å². The van der Waals surface area contributed by atoms with Crippen LogP contribution in [-0.2, 0) is 6.61 Å². The number of para-hydroxylation sites is 1. The average molecular weight is 293 g/mol. The second kappa shape index (κ2) is 6.19. The van der Waals surface area contributed by atoms with Gasteiger partial charge in [0.1, 0.15) is 5.75 Å². The first kappa shape index (κ1) is 14.7. The maximum absolute atomic E-state index is 13.8. The molecule has 0 aliphatic carbocycles. The first-order valence-electron chi connectivity index (χ1n) is 5.95. The molecule has 2 rings (SSSR count). The predicted octanol–water partition coefficient (Wildman–Crippen LogP) is 3.03. The van der Waals surface area contributed by atoms with E-state index in [0.717, 1.165) is 6.07 Å². The second-order valence-corrected chi connectivity index (χ2v) is 4.08. The number of aliphatic hydroxyl groups excluding tert-OH is 1. The molecule has 2 aromatic carbocycles. The number of aliphatic hydroxyl groups is 1. The molecular formula is C14H12FNO5. The summed E-state index contributed by atoms with van der Waals surface area (Å²) in [4.78, 5) is 10.4. The summed E-state index contributed by atoms with van der Waals surface area (Å²) in [6, 6.07) is 7.97. The monoisotopic (exact) mass is 293 g/mol. The molecule has 0 fully saturated rings. The van der Waals surface area contributed by atoms with E-state index in [4.69, 9.17) is 9.47 Å². The Hall–Kier alpha value is -2.67. The van der Waals surface area contributed by atoms with Gasteiger partial charge in [-0.3, -0.25) is 10.1 Å². The molecule has 7 heteroatoms. The Labute approximate surface area is 119 Å². The minimum absolute atomic E-state index is 0.138. The lowest BCUT2D eigenvalue weighted by molar-refractivity contribution is -0.385. The molecule has 0 aromatic heterocycles. The molecule has 6 nitrogen and oxygen atoms in total. The summed E-state index contributed by atoms with van der Waals surface area (Å²) in [5.74, 6) is -0.814. The van der Waals surface area contributed by atoms with E-state index < -0.39 is 17.3 Å². The number of ether oxygens (including phenoxy) is 2. The minimum atomic E-state index is -0.716. The van der Waals surface area contributed by atoms with Crippen molar-refractivity contribution < 1.29 is 23.9 Å². The first-order chi connectivity index (χ1) is 10.1. The van der Waals surface area contributed by atoms with Crippen LogP contribution < -0.4 is 9.47 Å². The largest absolute Gasteiger partial charge is 0.496 e. The SMILES string of the molecule is COc1ccc(Oc2c(F)cccc2CO)c([N+](=O)[O-])c1. The van der Waals surface area contributed by atoms with Crippen molar-refractivity contribution >= 4 is 5.69 Å². The molecule has 0 atom stereocenters. The van der Waals surface area contributed by atoms with Crippen molar-refractivity contribution in [2.45, 2.75) is 6.61 Å². The molecule has 1 N–H and O–H groups in total. The van der Waals surface area contributed by atoms with Gasteiger partial charge in [0.25, 0.3) is 0 Å². The molecule has 0 amide bonds. The maximum atomic E-state index is 13.8. The van der Waals surface area contributed by atoms with Crippen LogP contribution in [0.1, 0.15) is 5.56 Å². The van der Waals surface area contributed by atoms with Crippen LogP contribution in [0.5, 0.6) is 17.2 Å². The van der Waals surface area contributed by atoms with Crippen molar-refractivity contribution in [2.24, 2.45) is 0 Å². The Morgan fingerprint density at radius 3 is 2.71 bits per heavy atom. The summed E-state index contributed by atoms with van der Waals surface area (Å²) in [7, 11) is 1.38. The van der Waals surface area contributed by atoms with Crippen LogP contribution in [0, 0.1) is 15.9 Å². The van der Waals surface area contributed by atoms with Gasteiger partial charge in [0.05, 0.1) is 24.7 Å². The molecule has 0 unspecified atom stereocenters. The van der Waals surface area contributed by atoms with E-state index in [1.54, 1.807) is 0 Å². The lowest BCUT2D eigenvalue weighted by Crippen LogP contribution is -1.98. The Morgan fingerprint density at radius 2 is 2.10 bits per heavy atom. The number of nitrogens with zero attached hydrogens (tertiary/aromatic N) is 1. The van der Waals surface area contributed by atoms with Gasteiger partial charge in [-0.15, -0.1) is 0 Å². The number of hydrogen-bond acceptors (Lipinski definition) is 5. The fourth-order valence-corrected chi connectivity index (χ4v) is 1.76. The number of benzene rings is 2. The zero-order valence-electron chi connectivity index (χ0n) is 11.1. The Balaban J connectivity index is 2.47. The first-order valence-corrected chi connectivity index (χ1v) is 5.95. The lowest BCUT2D eigenvalue weighted by Gasteiger charge is -2.11. The minimum Gasteiger partial charge on any atom is -0.496 e. The molecule has 2 aromatic rings. The molecular weight excluding hydrogens is 281 g/mol. The van der Waals surface area contributed by atoms with E-state index in [0.29, 0.717) is 0 Å². The van der Waals surface area contributed by atoms with E-state index in [9.17, 15) is 19.6 Å². The zero-order valence-corrected chi connectivity index (χ0v) is 11.1. The van der Waals surface area contributed by atoms with Crippen LogP contribution in [0.25, 0.3) is 0 Å². The summed E-state index contributed by atoms with van der Waals surface area (Å²) >= 11 is 0.